The zero-order chi connectivity index (χ0) is 12.3. The van der Waals surface area contributed by atoms with E-state index in [9.17, 15) is 0 Å². The molecule has 3 heteroatoms. The molecule has 1 saturated heterocycles. The largest absolute Gasteiger partial charge is 0.496 e. The first-order valence-electron chi connectivity index (χ1n) is 6.22. The number of methoxy groups -OCH3 is 1. The average molecular weight is 235 g/mol. The molecule has 2 unspecified atom stereocenters. The average Bonchev–Trinajstić information content (AvgIpc) is 2.91. The first kappa shape index (κ1) is 12.4. The fourth-order valence-electron chi connectivity index (χ4n) is 2.32. The molecule has 1 aliphatic heterocycles. The summed E-state index contributed by atoms with van der Waals surface area (Å²) >= 11 is 0. The van der Waals surface area contributed by atoms with Gasteiger partial charge in [-0.25, -0.2) is 0 Å². The highest BCUT2D eigenvalue weighted by Crippen LogP contribution is 2.32. The van der Waals surface area contributed by atoms with Crippen molar-refractivity contribution in [1.29, 1.82) is 0 Å². The van der Waals surface area contributed by atoms with Crippen LogP contribution >= 0.6 is 0 Å². The fraction of sp³-hybridized carbons (Fsp3) is 0.571. The van der Waals surface area contributed by atoms with E-state index in [1.807, 2.05) is 0 Å². The summed E-state index contributed by atoms with van der Waals surface area (Å²) in [5.41, 5.74) is 8.30. The molecule has 0 spiro atoms. The van der Waals surface area contributed by atoms with E-state index in [1.54, 1.807) is 7.11 Å². The van der Waals surface area contributed by atoms with Crippen LogP contribution in [0.5, 0.6) is 5.75 Å². The Balaban J connectivity index is 2.30. The normalized spacial score (nSPS) is 21.5. The van der Waals surface area contributed by atoms with Crippen molar-refractivity contribution in [2.24, 2.45) is 5.73 Å². The van der Waals surface area contributed by atoms with Gasteiger partial charge in [0.05, 0.1) is 13.7 Å². The predicted molar refractivity (Wildman–Crippen MR) is 68.6 cm³/mol. The molecule has 0 amide bonds. The minimum Gasteiger partial charge on any atom is -0.496 e. The smallest absolute Gasteiger partial charge is 0.122 e. The van der Waals surface area contributed by atoms with Gasteiger partial charge in [-0.3, -0.25) is 0 Å². The molecule has 1 aliphatic rings. The highest BCUT2D eigenvalue weighted by atomic mass is 16.5. The van der Waals surface area contributed by atoms with Crippen LogP contribution in [-0.4, -0.2) is 26.9 Å². The number of benzene rings is 1. The Morgan fingerprint density at radius 1 is 1.53 bits per heavy atom. The molecular weight excluding hydrogens is 214 g/mol. The van der Waals surface area contributed by atoms with Crippen molar-refractivity contribution >= 4 is 0 Å². The van der Waals surface area contributed by atoms with E-state index in [0.717, 1.165) is 25.4 Å². The lowest BCUT2D eigenvalue weighted by Crippen LogP contribution is -2.11. The summed E-state index contributed by atoms with van der Waals surface area (Å²) in [6, 6.07) is 6.43. The second-order valence-corrected chi connectivity index (χ2v) is 4.70. The fourth-order valence-corrected chi connectivity index (χ4v) is 2.32. The van der Waals surface area contributed by atoms with Crippen LogP contribution in [0.15, 0.2) is 18.2 Å². The minimum atomic E-state index is 0.326. The van der Waals surface area contributed by atoms with Crippen LogP contribution in [0.3, 0.4) is 0 Å². The van der Waals surface area contributed by atoms with Crippen LogP contribution in [-0.2, 0) is 4.74 Å². The van der Waals surface area contributed by atoms with E-state index >= 15 is 0 Å². The Hall–Kier alpha value is -1.06. The van der Waals surface area contributed by atoms with Gasteiger partial charge in [-0.15, -0.1) is 0 Å². The Bertz CT molecular complexity index is 372. The Labute approximate surface area is 103 Å². The highest BCUT2D eigenvalue weighted by Gasteiger charge is 2.20. The van der Waals surface area contributed by atoms with Gasteiger partial charge < -0.3 is 15.2 Å². The molecule has 1 fully saturated rings. The molecule has 0 saturated carbocycles. The summed E-state index contributed by atoms with van der Waals surface area (Å²) in [6.45, 7) is 4.48. The molecule has 0 aromatic heterocycles. The van der Waals surface area contributed by atoms with Crippen molar-refractivity contribution in [1.82, 2.24) is 0 Å². The monoisotopic (exact) mass is 235 g/mol. The summed E-state index contributed by atoms with van der Waals surface area (Å²) in [6.07, 6.45) is 1.11. The predicted octanol–water partition coefficient (Wildman–Crippen LogP) is 2.26. The molecular formula is C14H21NO2. The molecule has 0 radical (unpaired) electrons. The maximum Gasteiger partial charge on any atom is 0.122 e. The van der Waals surface area contributed by atoms with Crippen LogP contribution in [0, 0.1) is 0 Å². The molecule has 17 heavy (non-hydrogen) atoms. The van der Waals surface area contributed by atoms with Gasteiger partial charge in [0, 0.05) is 12.5 Å². The van der Waals surface area contributed by atoms with Gasteiger partial charge in [-0.1, -0.05) is 19.1 Å². The van der Waals surface area contributed by atoms with E-state index in [-0.39, 0.29) is 0 Å². The van der Waals surface area contributed by atoms with Crippen molar-refractivity contribution < 1.29 is 9.47 Å². The van der Waals surface area contributed by atoms with Gasteiger partial charge in [0.15, 0.2) is 0 Å². The molecule has 2 rings (SSSR count). The van der Waals surface area contributed by atoms with Crippen LogP contribution in [0.2, 0.25) is 0 Å². The van der Waals surface area contributed by atoms with Gasteiger partial charge in [-0.2, -0.15) is 0 Å². The number of ether oxygens (including phenoxy) is 2. The highest BCUT2D eigenvalue weighted by molar-refractivity contribution is 5.41. The van der Waals surface area contributed by atoms with Crippen LogP contribution in [0.4, 0.5) is 0 Å². The topological polar surface area (TPSA) is 44.5 Å². The summed E-state index contributed by atoms with van der Waals surface area (Å²) < 4.78 is 10.8. The molecule has 3 nitrogen and oxygen atoms in total. The third-order valence-corrected chi connectivity index (χ3v) is 3.54. The standard InChI is InChI=1S/C14H21NO2/c1-10(8-15)13-7-11(3-4-14(13)16-2)12-5-6-17-9-12/h3-4,7,10,12H,5-6,8-9,15H2,1-2H3. The van der Waals surface area contributed by atoms with Gasteiger partial charge >= 0.3 is 0 Å². The molecule has 1 aromatic rings. The van der Waals surface area contributed by atoms with Gasteiger partial charge in [0.25, 0.3) is 0 Å². The van der Waals surface area contributed by atoms with Crippen molar-refractivity contribution in [3.63, 3.8) is 0 Å². The lowest BCUT2D eigenvalue weighted by Gasteiger charge is -2.17. The van der Waals surface area contributed by atoms with E-state index in [2.05, 4.69) is 25.1 Å². The third-order valence-electron chi connectivity index (χ3n) is 3.54. The van der Waals surface area contributed by atoms with Gasteiger partial charge in [0.2, 0.25) is 0 Å². The number of hydrogen-bond donors (Lipinski definition) is 1. The number of nitrogens with two attached hydrogens (primary N) is 1. The number of rotatable bonds is 4. The Kier molecular flexibility index (Phi) is 4.02. The van der Waals surface area contributed by atoms with Crippen LogP contribution in [0.25, 0.3) is 0 Å². The summed E-state index contributed by atoms with van der Waals surface area (Å²) in [4.78, 5) is 0. The minimum absolute atomic E-state index is 0.326. The second-order valence-electron chi connectivity index (χ2n) is 4.70. The van der Waals surface area contributed by atoms with Crippen molar-refractivity contribution in [3.8, 4) is 5.75 Å². The Morgan fingerprint density at radius 3 is 2.94 bits per heavy atom. The summed E-state index contributed by atoms with van der Waals surface area (Å²) in [5.74, 6) is 1.79. The molecule has 1 heterocycles. The maximum atomic E-state index is 5.75. The summed E-state index contributed by atoms with van der Waals surface area (Å²) in [5, 5.41) is 0. The van der Waals surface area contributed by atoms with Crippen molar-refractivity contribution in [2.75, 3.05) is 26.9 Å². The van der Waals surface area contributed by atoms with E-state index in [4.69, 9.17) is 15.2 Å². The van der Waals surface area contributed by atoms with E-state index in [1.165, 1.54) is 11.1 Å². The van der Waals surface area contributed by atoms with E-state index < -0.39 is 0 Å². The molecule has 1 aromatic carbocycles. The summed E-state index contributed by atoms with van der Waals surface area (Å²) in [7, 11) is 1.71. The molecule has 0 bridgehead atoms. The van der Waals surface area contributed by atoms with Crippen LogP contribution < -0.4 is 10.5 Å². The van der Waals surface area contributed by atoms with Crippen LogP contribution in [0.1, 0.15) is 36.3 Å². The first-order chi connectivity index (χ1) is 8.26. The van der Waals surface area contributed by atoms with Gasteiger partial charge in [-0.05, 0) is 36.1 Å². The number of hydrogen-bond acceptors (Lipinski definition) is 3. The van der Waals surface area contributed by atoms with Gasteiger partial charge in [0.1, 0.15) is 5.75 Å². The SMILES string of the molecule is COc1ccc(C2CCOC2)cc1C(C)CN. The van der Waals surface area contributed by atoms with Crippen molar-refractivity contribution in [3.05, 3.63) is 29.3 Å². The maximum absolute atomic E-state index is 5.75. The molecule has 0 aliphatic carbocycles. The zero-order valence-electron chi connectivity index (χ0n) is 10.6. The lowest BCUT2D eigenvalue weighted by atomic mass is 9.92. The quantitative estimate of drug-likeness (QED) is 0.870. The van der Waals surface area contributed by atoms with E-state index in [0.29, 0.717) is 18.4 Å². The van der Waals surface area contributed by atoms with Crippen molar-refractivity contribution in [2.45, 2.75) is 25.2 Å². The molecule has 94 valence electrons. The third kappa shape index (κ3) is 2.61. The zero-order valence-corrected chi connectivity index (χ0v) is 10.6. The molecule has 2 N–H and O–H groups in total. The molecule has 2 atom stereocenters. The first-order valence-corrected chi connectivity index (χ1v) is 6.22. The second kappa shape index (κ2) is 5.52. The lowest BCUT2D eigenvalue weighted by molar-refractivity contribution is 0.194. The Morgan fingerprint density at radius 2 is 2.35 bits per heavy atom.